The Hall–Kier alpha value is -5.50. The molecule has 2 heterocycles. The Morgan fingerprint density at radius 3 is 2.17 bits per heavy atom. The number of carboxylic acid groups (broad SMARTS) is 1. The molecule has 6 amide bonds. The van der Waals surface area contributed by atoms with Crippen LogP contribution in [0.3, 0.4) is 0 Å². The summed E-state index contributed by atoms with van der Waals surface area (Å²) < 4.78 is 21.6. The number of likely N-dealkylation sites (tertiary alicyclic amines) is 1. The SMILES string of the molecule is CCCCCCN(C(=O)[C@@H](NC(=O)[C@H]1CCCCN1C)[C@@H](C)CC)[C@H](C[C@@H](OC(C)=O)c1nc(C(=O)N[C@@H](Cc2ccc(NC(=O)[C@H](C)NC(=O)[C@@H](NC(=O)CC)C(C)C)c(F)c2)CC(C)(C)C(=O)O)cs1)C(C)C. The molecular formula is C55H87FN8O10S. The number of esters is 1. The van der Waals surface area contributed by atoms with E-state index in [0.717, 1.165) is 56.4 Å². The summed E-state index contributed by atoms with van der Waals surface area (Å²) in [6.45, 7) is 22.2. The van der Waals surface area contributed by atoms with Crippen LogP contribution >= 0.6 is 11.3 Å². The van der Waals surface area contributed by atoms with Gasteiger partial charge in [-0.05, 0) is 102 Å². The number of halogens is 1. The molecule has 0 saturated carbocycles. The Labute approximate surface area is 448 Å². The van der Waals surface area contributed by atoms with Crippen molar-refractivity contribution in [1.82, 2.24) is 36.1 Å². The average molecular weight is 1070 g/mol. The maximum atomic E-state index is 15.7. The van der Waals surface area contributed by atoms with Crippen LogP contribution < -0.4 is 26.6 Å². The lowest BCUT2D eigenvalue weighted by Gasteiger charge is -2.40. The Morgan fingerprint density at radius 1 is 0.907 bits per heavy atom. The summed E-state index contributed by atoms with van der Waals surface area (Å²) in [5.74, 6) is -5.72. The van der Waals surface area contributed by atoms with Crippen molar-refractivity contribution in [3.8, 4) is 0 Å². The van der Waals surface area contributed by atoms with Crippen molar-refractivity contribution in [3.05, 3.63) is 45.7 Å². The van der Waals surface area contributed by atoms with Gasteiger partial charge in [-0.1, -0.05) is 93.6 Å². The number of carbonyl (C=O) groups excluding carboxylic acids is 7. The van der Waals surface area contributed by atoms with Crippen molar-refractivity contribution in [2.45, 2.75) is 202 Å². The largest absolute Gasteiger partial charge is 0.481 e. The van der Waals surface area contributed by atoms with Crippen molar-refractivity contribution in [3.63, 3.8) is 0 Å². The van der Waals surface area contributed by atoms with E-state index in [1.807, 2.05) is 44.5 Å². The average Bonchev–Trinajstić information content (AvgIpc) is 3.84. The van der Waals surface area contributed by atoms with Gasteiger partial charge in [0, 0.05) is 43.8 Å². The van der Waals surface area contributed by atoms with Crippen LogP contribution in [0.15, 0.2) is 23.6 Å². The molecule has 0 bridgehead atoms. The number of benzene rings is 1. The molecule has 1 fully saturated rings. The summed E-state index contributed by atoms with van der Waals surface area (Å²) in [5, 5.41) is 25.7. The molecule has 75 heavy (non-hydrogen) atoms. The van der Waals surface area contributed by atoms with Crippen LogP contribution in [0.25, 0.3) is 0 Å². The van der Waals surface area contributed by atoms with Gasteiger partial charge in [0.1, 0.15) is 34.6 Å². The number of rotatable bonds is 30. The third-order valence-electron chi connectivity index (χ3n) is 14.1. The molecular weight excluding hydrogens is 984 g/mol. The molecule has 2 aromatic rings. The first-order chi connectivity index (χ1) is 35.2. The minimum absolute atomic E-state index is 0.0131. The van der Waals surface area contributed by atoms with Crippen molar-refractivity contribution in [2.75, 3.05) is 25.5 Å². The summed E-state index contributed by atoms with van der Waals surface area (Å²) in [4.78, 5) is 115. The van der Waals surface area contributed by atoms with Crippen molar-refractivity contribution in [1.29, 1.82) is 0 Å². The van der Waals surface area contributed by atoms with Gasteiger partial charge in [-0.15, -0.1) is 11.3 Å². The Morgan fingerprint density at radius 2 is 1.60 bits per heavy atom. The third kappa shape index (κ3) is 19.5. The van der Waals surface area contributed by atoms with E-state index in [1.54, 1.807) is 20.8 Å². The molecule has 3 rings (SSSR count). The second-order valence-corrected chi connectivity index (χ2v) is 22.5. The number of aromatic nitrogens is 1. The van der Waals surface area contributed by atoms with E-state index < -0.39 is 77.2 Å². The van der Waals surface area contributed by atoms with Gasteiger partial charge in [-0.25, -0.2) is 9.37 Å². The van der Waals surface area contributed by atoms with E-state index in [1.165, 1.54) is 51.3 Å². The number of ether oxygens (including phenoxy) is 1. The van der Waals surface area contributed by atoms with E-state index in [4.69, 9.17) is 4.74 Å². The summed E-state index contributed by atoms with van der Waals surface area (Å²) in [6.07, 6.45) is 6.18. The lowest BCUT2D eigenvalue weighted by atomic mass is 9.84. The fourth-order valence-corrected chi connectivity index (χ4v) is 10.1. The van der Waals surface area contributed by atoms with E-state index in [9.17, 15) is 43.5 Å². The van der Waals surface area contributed by atoms with Crippen LogP contribution in [-0.2, 0) is 44.7 Å². The number of hydrogen-bond donors (Lipinski definition) is 6. The molecule has 8 atom stereocenters. The highest BCUT2D eigenvalue weighted by Gasteiger charge is 2.39. The van der Waals surface area contributed by atoms with Crippen LogP contribution in [0.2, 0.25) is 0 Å². The molecule has 1 aliphatic heterocycles. The lowest BCUT2D eigenvalue weighted by Crippen LogP contribution is -2.59. The summed E-state index contributed by atoms with van der Waals surface area (Å²) >= 11 is 1.10. The van der Waals surface area contributed by atoms with E-state index in [-0.39, 0.29) is 78.6 Å². The first kappa shape index (κ1) is 63.8. The molecule has 0 unspecified atom stereocenters. The molecule has 20 heteroatoms. The summed E-state index contributed by atoms with van der Waals surface area (Å²) in [5.41, 5.74) is -1.16. The predicted molar refractivity (Wildman–Crippen MR) is 288 cm³/mol. The summed E-state index contributed by atoms with van der Waals surface area (Å²) in [6, 6.07) is -0.391. The Bertz CT molecular complexity index is 2260. The van der Waals surface area contributed by atoms with Crippen LogP contribution in [0, 0.1) is 29.0 Å². The molecule has 18 nitrogen and oxygen atoms in total. The number of likely N-dealkylation sites (N-methyl/N-ethyl adjacent to an activating group) is 1. The highest BCUT2D eigenvalue weighted by Crippen LogP contribution is 2.33. The predicted octanol–water partition coefficient (Wildman–Crippen LogP) is 7.56. The van der Waals surface area contributed by atoms with Crippen LogP contribution in [-0.4, -0.2) is 124 Å². The van der Waals surface area contributed by atoms with Gasteiger partial charge >= 0.3 is 11.9 Å². The number of nitrogens with one attached hydrogen (secondary N) is 5. The number of unbranched alkanes of at least 4 members (excludes halogenated alkanes) is 3. The van der Waals surface area contributed by atoms with E-state index in [0.29, 0.717) is 30.0 Å². The van der Waals surface area contributed by atoms with Gasteiger partial charge in [-0.2, -0.15) is 0 Å². The van der Waals surface area contributed by atoms with Gasteiger partial charge in [0.15, 0.2) is 6.10 Å². The maximum absolute atomic E-state index is 15.7. The molecule has 1 aromatic carbocycles. The topological polar surface area (TPSA) is 246 Å². The summed E-state index contributed by atoms with van der Waals surface area (Å²) in [7, 11) is 1.93. The number of nitrogens with zero attached hydrogens (tertiary/aromatic N) is 3. The highest BCUT2D eigenvalue weighted by molar-refractivity contribution is 7.09. The molecule has 420 valence electrons. The number of amides is 6. The molecule has 6 N–H and O–H groups in total. The molecule has 0 aliphatic carbocycles. The number of thiazole rings is 1. The normalized spacial score (nSPS) is 16.9. The lowest BCUT2D eigenvalue weighted by molar-refractivity contribution is -0.150. The number of anilines is 1. The number of carboxylic acids is 1. The van der Waals surface area contributed by atoms with Crippen molar-refractivity contribution >= 4 is 64.4 Å². The van der Waals surface area contributed by atoms with Gasteiger partial charge in [0.05, 0.1) is 17.1 Å². The first-order valence-electron chi connectivity index (χ1n) is 26.9. The molecule has 1 saturated heterocycles. The van der Waals surface area contributed by atoms with Crippen LogP contribution in [0.5, 0.6) is 0 Å². The number of aliphatic carboxylic acids is 1. The minimum Gasteiger partial charge on any atom is -0.481 e. The van der Waals surface area contributed by atoms with Gasteiger partial charge in [0.2, 0.25) is 29.5 Å². The van der Waals surface area contributed by atoms with E-state index >= 15 is 4.39 Å². The Balaban J connectivity index is 1.90. The quantitative estimate of drug-likeness (QED) is 0.0328. The van der Waals surface area contributed by atoms with Crippen molar-refractivity contribution < 1.29 is 52.6 Å². The molecule has 0 spiro atoms. The zero-order chi connectivity index (χ0) is 56.3. The monoisotopic (exact) mass is 1070 g/mol. The van der Waals surface area contributed by atoms with Gasteiger partial charge in [0.25, 0.3) is 5.91 Å². The van der Waals surface area contributed by atoms with Crippen LogP contribution in [0.4, 0.5) is 10.1 Å². The first-order valence-corrected chi connectivity index (χ1v) is 27.8. The fourth-order valence-electron chi connectivity index (χ4n) is 9.21. The van der Waals surface area contributed by atoms with Gasteiger partial charge < -0.3 is 41.3 Å². The van der Waals surface area contributed by atoms with Crippen molar-refractivity contribution in [2.24, 2.45) is 23.2 Å². The standard InChI is InChI=1S/C55H87FN8O10S/c1-14-17-18-20-26-64(53(71)47(34(8)15-2)62-50(69)42-22-19-21-25-63(42)13)43(32(4)5)29-44(74-36(10)65)52-60-41(31-75-52)49(68)58-38(30-55(11,12)54(72)73)27-37-23-24-40(39(56)28-37)59-48(67)35(9)57-51(70)46(33(6)7)61-45(66)16-3/h23-24,28,31-35,38,42-44,46-47H,14-22,25-27,29-30H2,1-13H3,(H,57,70)(H,58,68)(H,59,67)(H,61,66)(H,62,69)(H,72,73)/t34-,35-,38-,42+,43+,44+,46-,47-/m0/s1. The van der Waals surface area contributed by atoms with Crippen LogP contribution in [0.1, 0.15) is 181 Å². The maximum Gasteiger partial charge on any atom is 0.309 e. The fraction of sp³-hybridized carbons (Fsp3) is 0.691. The third-order valence-corrected chi connectivity index (χ3v) is 15.1. The molecule has 1 aliphatic rings. The Kier molecular flexibility index (Phi) is 25.8. The molecule has 1 aromatic heterocycles. The zero-order valence-electron chi connectivity index (χ0n) is 46.7. The number of carbonyl (C=O) groups is 8. The second kappa shape index (κ2) is 30.3. The number of hydrogen-bond acceptors (Lipinski definition) is 12. The minimum atomic E-state index is -1.33. The molecule has 0 radical (unpaired) electrons. The number of piperidine rings is 1. The zero-order valence-corrected chi connectivity index (χ0v) is 47.5. The van der Waals surface area contributed by atoms with E-state index in [2.05, 4.69) is 38.5 Å². The van der Waals surface area contributed by atoms with Gasteiger partial charge in [-0.3, -0.25) is 43.3 Å². The second-order valence-electron chi connectivity index (χ2n) is 21.6. The smallest absolute Gasteiger partial charge is 0.309 e. The highest BCUT2D eigenvalue weighted by atomic mass is 32.1.